The summed E-state index contributed by atoms with van der Waals surface area (Å²) >= 11 is 0. The van der Waals surface area contributed by atoms with Crippen molar-refractivity contribution in [3.8, 4) is 0 Å². The summed E-state index contributed by atoms with van der Waals surface area (Å²) in [5.41, 5.74) is 2.60. The van der Waals surface area contributed by atoms with Crippen LogP contribution in [0, 0.1) is 5.92 Å². The summed E-state index contributed by atoms with van der Waals surface area (Å²) in [6.07, 6.45) is 0. The van der Waals surface area contributed by atoms with E-state index in [2.05, 4.69) is 49.2 Å². The Kier molecular flexibility index (Phi) is 5.25. The van der Waals surface area contributed by atoms with Crippen LogP contribution >= 0.6 is 0 Å². The maximum Gasteiger partial charge on any atom is 0.358 e. The summed E-state index contributed by atoms with van der Waals surface area (Å²) in [4.78, 5) is 2.37. The van der Waals surface area contributed by atoms with Crippen molar-refractivity contribution in [3.63, 3.8) is 0 Å². The van der Waals surface area contributed by atoms with Crippen molar-refractivity contribution in [2.75, 3.05) is 19.8 Å². The van der Waals surface area contributed by atoms with Crippen molar-refractivity contribution in [1.29, 1.82) is 0 Å². The van der Waals surface area contributed by atoms with Crippen molar-refractivity contribution in [1.82, 2.24) is 4.90 Å². The van der Waals surface area contributed by atoms with Crippen molar-refractivity contribution in [2.45, 2.75) is 33.0 Å². The lowest BCUT2D eigenvalue weighted by atomic mass is 9.99. The molecule has 0 aliphatic carbocycles. The van der Waals surface area contributed by atoms with Crippen molar-refractivity contribution < 1.29 is 8.85 Å². The Bertz CT molecular complexity index is 471. The van der Waals surface area contributed by atoms with Crippen LogP contribution in [0.1, 0.15) is 26.3 Å². The largest absolute Gasteiger partial charge is 0.393 e. The molecule has 0 bridgehead atoms. The molecular formula is C17H27NO2Si. The highest BCUT2D eigenvalue weighted by molar-refractivity contribution is 6.68. The number of likely N-dealkylation sites (tertiary alicyclic amines) is 1. The molecule has 0 spiro atoms. The van der Waals surface area contributed by atoms with E-state index in [1.807, 2.05) is 19.9 Å². The molecule has 0 saturated carbocycles. The minimum absolute atomic E-state index is 0.338. The van der Waals surface area contributed by atoms with E-state index in [-0.39, 0.29) is 0 Å². The number of hydrogen-bond acceptors (Lipinski definition) is 3. The van der Waals surface area contributed by atoms with E-state index < -0.39 is 8.56 Å². The van der Waals surface area contributed by atoms with Crippen molar-refractivity contribution in [2.24, 2.45) is 5.92 Å². The van der Waals surface area contributed by atoms with Crippen molar-refractivity contribution in [3.05, 3.63) is 42.5 Å². The molecule has 116 valence electrons. The van der Waals surface area contributed by atoms with Crippen LogP contribution < -0.4 is 0 Å². The monoisotopic (exact) mass is 305 g/mol. The van der Waals surface area contributed by atoms with Gasteiger partial charge < -0.3 is 13.8 Å². The van der Waals surface area contributed by atoms with E-state index in [9.17, 15) is 0 Å². The highest BCUT2D eigenvalue weighted by Gasteiger charge is 2.53. The second-order valence-electron chi connectivity index (χ2n) is 5.77. The van der Waals surface area contributed by atoms with Gasteiger partial charge in [-0.05, 0) is 31.9 Å². The first-order valence-electron chi connectivity index (χ1n) is 7.82. The van der Waals surface area contributed by atoms with Crippen LogP contribution in [0.3, 0.4) is 0 Å². The topological polar surface area (TPSA) is 21.7 Å². The summed E-state index contributed by atoms with van der Waals surface area (Å²) in [6, 6.07) is 10.4. The molecule has 21 heavy (non-hydrogen) atoms. The highest BCUT2D eigenvalue weighted by atomic mass is 28.4. The molecular weight excluding hydrogens is 278 g/mol. The number of nitrogens with zero attached hydrogens (tertiary/aromatic N) is 1. The van der Waals surface area contributed by atoms with Crippen LogP contribution in [-0.4, -0.2) is 38.9 Å². The molecule has 1 aromatic carbocycles. The van der Waals surface area contributed by atoms with E-state index in [0.29, 0.717) is 24.8 Å². The van der Waals surface area contributed by atoms with Crippen LogP contribution in [0.25, 0.3) is 5.70 Å². The third-order valence-electron chi connectivity index (χ3n) is 4.21. The quantitative estimate of drug-likeness (QED) is 0.718. The van der Waals surface area contributed by atoms with Crippen LogP contribution in [0.4, 0.5) is 0 Å². The molecule has 1 aliphatic rings. The Balaban J connectivity index is 2.20. The van der Waals surface area contributed by atoms with Crippen LogP contribution in [0.5, 0.6) is 0 Å². The average molecular weight is 305 g/mol. The minimum Gasteiger partial charge on any atom is -0.393 e. The number of benzene rings is 1. The molecule has 2 atom stereocenters. The maximum atomic E-state index is 6.09. The van der Waals surface area contributed by atoms with Gasteiger partial charge in [-0.3, -0.25) is 0 Å². The summed E-state index contributed by atoms with van der Waals surface area (Å²) in [5.74, 6) is 0.584. The summed E-state index contributed by atoms with van der Waals surface area (Å²) in [5, 5.41) is 0. The third-order valence-corrected chi connectivity index (χ3v) is 7.89. The van der Waals surface area contributed by atoms with Gasteiger partial charge in [0.25, 0.3) is 0 Å². The Morgan fingerprint density at radius 2 is 1.81 bits per heavy atom. The van der Waals surface area contributed by atoms with E-state index in [1.165, 1.54) is 5.56 Å². The lowest BCUT2D eigenvalue weighted by Gasteiger charge is -2.54. The average Bonchev–Trinajstić information content (AvgIpc) is 2.45. The van der Waals surface area contributed by atoms with Gasteiger partial charge in [-0.2, -0.15) is 0 Å². The van der Waals surface area contributed by atoms with E-state index in [1.54, 1.807) is 0 Å². The minimum atomic E-state index is -2.22. The fourth-order valence-electron chi connectivity index (χ4n) is 3.35. The molecule has 0 aromatic heterocycles. The SMILES string of the molecule is C=C(c1ccccc1)N1CC(C)C1[Si](C)(OCC)OCC. The highest BCUT2D eigenvalue weighted by Crippen LogP contribution is 2.38. The van der Waals surface area contributed by atoms with Crippen LogP contribution in [0.15, 0.2) is 36.9 Å². The number of rotatable bonds is 7. The smallest absolute Gasteiger partial charge is 0.358 e. The maximum absolute atomic E-state index is 6.09. The van der Waals surface area contributed by atoms with Gasteiger partial charge in [0.15, 0.2) is 0 Å². The van der Waals surface area contributed by atoms with E-state index in [4.69, 9.17) is 8.85 Å². The standard InChI is InChI=1S/C17H27NO2Si/c1-6-19-21(5,20-7-2)17-14(3)13-18(17)15(4)16-11-9-8-10-12-16/h8-12,14,17H,4,6-7,13H2,1-3,5H3. The molecule has 2 unspecified atom stereocenters. The Morgan fingerprint density at radius 1 is 1.24 bits per heavy atom. The Hall–Kier alpha value is -1.10. The molecule has 4 heteroatoms. The van der Waals surface area contributed by atoms with Crippen LogP contribution in [0.2, 0.25) is 6.55 Å². The predicted molar refractivity (Wildman–Crippen MR) is 90.0 cm³/mol. The van der Waals surface area contributed by atoms with Gasteiger partial charge in [-0.15, -0.1) is 0 Å². The molecule has 1 fully saturated rings. The first-order valence-corrected chi connectivity index (χ1v) is 10.2. The van der Waals surface area contributed by atoms with Gasteiger partial charge in [-0.25, -0.2) is 0 Å². The van der Waals surface area contributed by atoms with Gasteiger partial charge in [0.05, 0.1) is 5.67 Å². The normalized spacial score (nSPS) is 22.0. The molecule has 1 saturated heterocycles. The predicted octanol–water partition coefficient (Wildman–Crippen LogP) is 3.66. The van der Waals surface area contributed by atoms with Gasteiger partial charge in [0.2, 0.25) is 0 Å². The molecule has 0 radical (unpaired) electrons. The zero-order chi connectivity index (χ0) is 15.5. The lowest BCUT2D eigenvalue weighted by molar-refractivity contribution is 0.0734. The van der Waals surface area contributed by atoms with E-state index >= 15 is 0 Å². The fraction of sp³-hybridized carbons (Fsp3) is 0.529. The summed E-state index contributed by atoms with van der Waals surface area (Å²) in [6.45, 7) is 15.3. The van der Waals surface area contributed by atoms with E-state index in [0.717, 1.165) is 12.2 Å². The zero-order valence-electron chi connectivity index (χ0n) is 13.6. The summed E-state index contributed by atoms with van der Waals surface area (Å²) in [7, 11) is -2.22. The fourth-order valence-corrected chi connectivity index (χ4v) is 6.89. The molecule has 3 nitrogen and oxygen atoms in total. The third kappa shape index (κ3) is 3.23. The van der Waals surface area contributed by atoms with Gasteiger partial charge in [-0.1, -0.05) is 43.8 Å². The van der Waals surface area contributed by atoms with Gasteiger partial charge in [0.1, 0.15) is 0 Å². The Morgan fingerprint density at radius 3 is 2.29 bits per heavy atom. The summed E-state index contributed by atoms with van der Waals surface area (Å²) < 4.78 is 12.2. The molecule has 0 amide bonds. The van der Waals surface area contributed by atoms with Crippen molar-refractivity contribution >= 4 is 14.3 Å². The first kappa shape index (κ1) is 16.3. The molecule has 2 rings (SSSR count). The molecule has 0 N–H and O–H groups in total. The van der Waals surface area contributed by atoms with Gasteiger partial charge in [0, 0.05) is 25.5 Å². The first-order chi connectivity index (χ1) is 10.0. The molecule has 1 aliphatic heterocycles. The molecule has 1 heterocycles. The second-order valence-corrected chi connectivity index (χ2v) is 8.97. The zero-order valence-corrected chi connectivity index (χ0v) is 14.6. The second kappa shape index (κ2) is 6.77. The lowest BCUT2D eigenvalue weighted by Crippen LogP contribution is -2.69. The molecule has 1 aromatic rings. The van der Waals surface area contributed by atoms with Gasteiger partial charge >= 0.3 is 8.56 Å². The van der Waals surface area contributed by atoms with Crippen LogP contribution in [-0.2, 0) is 8.85 Å². The number of hydrogen-bond donors (Lipinski definition) is 0. The Labute approximate surface area is 129 Å².